The molecule has 0 fully saturated rings. The molecule has 2 heterocycles. The normalized spacial score (nSPS) is 12.2. The highest BCUT2D eigenvalue weighted by molar-refractivity contribution is 7.08. The Kier molecular flexibility index (Phi) is 37.4. The van der Waals surface area contributed by atoms with Crippen molar-refractivity contribution in [3.8, 4) is 6.07 Å². The number of nitriles is 1. The number of rotatable bonds is 8. The Hall–Kier alpha value is -5.44. The number of halogens is 3. The maximum absolute atomic E-state index is 12.4. The van der Waals surface area contributed by atoms with Crippen LogP contribution in [0.4, 0.5) is 13.2 Å². The van der Waals surface area contributed by atoms with Gasteiger partial charge in [0, 0.05) is 51.7 Å². The first-order chi connectivity index (χ1) is 33.4. The van der Waals surface area contributed by atoms with Crippen molar-refractivity contribution in [1.29, 1.82) is 5.26 Å². The minimum absolute atomic E-state index is 0.00625. The molecule has 2 aromatic rings. The second-order valence-electron chi connectivity index (χ2n) is 24.2. The van der Waals surface area contributed by atoms with Gasteiger partial charge in [-0.15, -0.1) is 0 Å². The molecule has 0 radical (unpaired) electrons. The third-order valence-electron chi connectivity index (χ3n) is 8.33. The molecule has 0 aromatic carbocycles. The van der Waals surface area contributed by atoms with Gasteiger partial charge in [0.05, 0.1) is 37.1 Å². The molecule has 0 saturated heterocycles. The van der Waals surface area contributed by atoms with Gasteiger partial charge in [0.15, 0.2) is 17.3 Å². The van der Waals surface area contributed by atoms with E-state index >= 15 is 0 Å². The number of nitrogens with zero attached hydrogens (tertiary/aromatic N) is 4. The maximum atomic E-state index is 12.4. The van der Waals surface area contributed by atoms with E-state index in [1.54, 1.807) is 45.1 Å². The first kappa shape index (κ1) is 78.4. The average molecular weight is 1080 g/mol. The number of esters is 1. The van der Waals surface area contributed by atoms with Gasteiger partial charge in [0.25, 0.3) is 11.2 Å². The molecule has 2 aromatic heterocycles. The SMILES string of the molecule is C/C(F)=C/C(=O)C(C)(C)C.C/C=C/C(=O)C(C)(C)C.C=C(C#N)C(O)C(C)(C)C.CC(C)(C)NC(=O)c1csc(F)n1.CC(C)(C)c1cnc(F)nc1.CC(C)=CC(=O)C(C)(C)C.COC(=O)/C=C/COC(C)(C)C. The largest absolute Gasteiger partial charge is 0.466 e. The van der Waals surface area contributed by atoms with E-state index in [1.165, 1.54) is 37.9 Å². The Morgan fingerprint density at radius 1 is 0.773 bits per heavy atom. The lowest BCUT2D eigenvalue weighted by molar-refractivity contribution is -0.135. The number of aliphatic hydroxyl groups excluding tert-OH is 1. The molecule has 0 bridgehead atoms. The zero-order chi connectivity index (χ0) is 60.7. The molecular formula is C58H94F3N5O8S. The molecule has 0 spiro atoms. The highest BCUT2D eigenvalue weighted by atomic mass is 32.1. The topological polar surface area (TPSA) is 199 Å². The van der Waals surface area contributed by atoms with Gasteiger partial charge in [-0.1, -0.05) is 139 Å². The summed E-state index contributed by atoms with van der Waals surface area (Å²) in [6.07, 6.45) is 10.7. The van der Waals surface area contributed by atoms with Crippen molar-refractivity contribution in [2.75, 3.05) is 13.7 Å². The summed E-state index contributed by atoms with van der Waals surface area (Å²) in [4.78, 5) is 65.4. The van der Waals surface area contributed by atoms with Gasteiger partial charge in [0.2, 0.25) is 0 Å². The van der Waals surface area contributed by atoms with Crippen LogP contribution in [0.15, 0.2) is 77.8 Å². The van der Waals surface area contributed by atoms with E-state index in [1.807, 2.05) is 151 Å². The van der Waals surface area contributed by atoms with Crippen LogP contribution < -0.4 is 5.32 Å². The van der Waals surface area contributed by atoms with Crippen molar-refractivity contribution in [2.24, 2.45) is 21.7 Å². The molecule has 0 aliphatic rings. The summed E-state index contributed by atoms with van der Waals surface area (Å²) < 4.78 is 46.6. The van der Waals surface area contributed by atoms with Gasteiger partial charge in [-0.2, -0.15) is 14.0 Å². The third-order valence-corrected chi connectivity index (χ3v) is 8.96. The fourth-order valence-electron chi connectivity index (χ4n) is 3.83. The van der Waals surface area contributed by atoms with Gasteiger partial charge < -0.3 is 19.9 Å². The second-order valence-corrected chi connectivity index (χ2v) is 25.0. The molecule has 1 atom stereocenters. The van der Waals surface area contributed by atoms with E-state index in [0.717, 1.165) is 28.5 Å². The summed E-state index contributed by atoms with van der Waals surface area (Å²) in [7, 11) is 1.34. The van der Waals surface area contributed by atoms with Crippen LogP contribution in [0.25, 0.3) is 0 Å². The standard InChI is InChI=1S/C9H16O3.C9H16O.C8H11FN2OS.C8H11FN2.C8H13FO.C8H13NO.C8H14O/c1-9(2,3)12-7-5-6-8(10)11-4;1-7(2)6-8(10)9(3,4)5;1-8(2,3)11-6(12)5-4-13-7(9)10-5;1-8(2,3)6-4-10-7(9)11-5-6;1-6(9)5-7(10)8(2,3)4;1-6(5-9)7(10)8(2,3)4;1-5-6-7(9)8(2,3)4/h5-6H,7H2,1-4H3;6H,1-5H3;4H,1-3H3,(H,11,12);4-5H,1-3H3;5H,1-4H3;7,10H,1H2,2-4H3;5-6H,1-4H3/b6-5+;;;;6-5-;;6-5+. The third kappa shape index (κ3) is 48.0. The molecule has 1 unspecified atom stereocenters. The monoisotopic (exact) mass is 1080 g/mol. The lowest BCUT2D eigenvalue weighted by Crippen LogP contribution is -2.40. The molecule has 17 heteroatoms. The van der Waals surface area contributed by atoms with Crippen LogP contribution in [0.5, 0.6) is 0 Å². The molecule has 75 heavy (non-hydrogen) atoms. The Morgan fingerprint density at radius 2 is 1.21 bits per heavy atom. The number of aromatic nitrogens is 3. The number of hydrogen-bond donors (Lipinski definition) is 2. The summed E-state index contributed by atoms with van der Waals surface area (Å²) >= 11 is 0.820. The second kappa shape index (κ2) is 35.7. The molecule has 426 valence electrons. The number of allylic oxidation sites excluding steroid dienone is 6. The van der Waals surface area contributed by atoms with E-state index in [2.05, 4.69) is 31.6 Å². The number of hydrogen-bond acceptors (Lipinski definition) is 13. The smallest absolute Gasteiger partial charge is 0.330 e. The summed E-state index contributed by atoms with van der Waals surface area (Å²) in [5, 5.41) is 21.2. The van der Waals surface area contributed by atoms with Crippen LogP contribution >= 0.6 is 11.3 Å². The van der Waals surface area contributed by atoms with Crippen LogP contribution in [0, 0.1) is 44.3 Å². The first-order valence-corrected chi connectivity index (χ1v) is 25.1. The van der Waals surface area contributed by atoms with Crippen molar-refractivity contribution in [2.45, 2.75) is 196 Å². The van der Waals surface area contributed by atoms with E-state index in [0.29, 0.717) is 6.61 Å². The Balaban J connectivity index is -0.000000255. The highest BCUT2D eigenvalue weighted by Gasteiger charge is 2.25. The zero-order valence-electron chi connectivity index (χ0n) is 50.3. The number of amides is 1. The minimum Gasteiger partial charge on any atom is -0.466 e. The predicted molar refractivity (Wildman–Crippen MR) is 300 cm³/mol. The molecule has 0 aliphatic carbocycles. The Morgan fingerprint density at radius 3 is 1.45 bits per heavy atom. The summed E-state index contributed by atoms with van der Waals surface area (Å²) in [6, 6.07) is 1.83. The summed E-state index contributed by atoms with van der Waals surface area (Å²) in [6.45, 7) is 50.7. The van der Waals surface area contributed by atoms with E-state index in [-0.39, 0.29) is 73.3 Å². The Bertz CT molecular complexity index is 2180. The van der Waals surface area contributed by atoms with Crippen molar-refractivity contribution in [3.63, 3.8) is 0 Å². The number of nitrogens with one attached hydrogen (secondary N) is 1. The van der Waals surface area contributed by atoms with Gasteiger partial charge >= 0.3 is 12.0 Å². The van der Waals surface area contributed by atoms with Crippen LogP contribution in [-0.4, -0.2) is 80.2 Å². The number of ether oxygens (including phenoxy) is 2. The minimum atomic E-state index is -0.725. The molecular weight excluding hydrogens is 984 g/mol. The number of aliphatic hydroxyl groups is 1. The van der Waals surface area contributed by atoms with Crippen LogP contribution in [-0.2, 0) is 34.1 Å². The van der Waals surface area contributed by atoms with Crippen molar-refractivity contribution in [3.05, 3.63) is 100 Å². The number of ketones is 3. The maximum Gasteiger partial charge on any atom is 0.330 e. The van der Waals surface area contributed by atoms with Crippen LogP contribution in [0.2, 0.25) is 0 Å². The average Bonchev–Trinajstić information content (AvgIpc) is 3.67. The Labute approximate surface area is 453 Å². The molecule has 1 amide bonds. The van der Waals surface area contributed by atoms with Gasteiger partial charge in [-0.3, -0.25) is 19.2 Å². The number of methoxy groups -OCH3 is 1. The fourth-order valence-corrected chi connectivity index (χ4v) is 4.35. The van der Waals surface area contributed by atoms with Gasteiger partial charge in [0.1, 0.15) is 11.5 Å². The predicted octanol–water partition coefficient (Wildman–Crippen LogP) is 13.9. The lowest BCUT2D eigenvalue weighted by atomic mass is 9.85. The number of carbonyl (C=O) groups excluding carboxylic acids is 5. The van der Waals surface area contributed by atoms with E-state index in [4.69, 9.17) is 10.00 Å². The van der Waals surface area contributed by atoms with Crippen LogP contribution in [0.1, 0.15) is 189 Å². The molecule has 0 saturated carbocycles. The van der Waals surface area contributed by atoms with Crippen molar-refractivity contribution >= 4 is 40.6 Å². The summed E-state index contributed by atoms with van der Waals surface area (Å²) in [5.74, 6) is -0.912. The van der Waals surface area contributed by atoms with Crippen LogP contribution in [0.3, 0.4) is 0 Å². The molecule has 0 aliphatic heterocycles. The van der Waals surface area contributed by atoms with E-state index in [9.17, 15) is 42.3 Å². The highest BCUT2D eigenvalue weighted by Crippen LogP contribution is 2.23. The first-order valence-electron chi connectivity index (χ1n) is 24.2. The number of carbonyl (C=O) groups is 5. The van der Waals surface area contributed by atoms with E-state index < -0.39 is 28.7 Å². The number of thiazole rings is 1. The van der Waals surface area contributed by atoms with Gasteiger partial charge in [-0.25, -0.2) is 24.1 Å². The molecule has 13 nitrogen and oxygen atoms in total. The van der Waals surface area contributed by atoms with Gasteiger partial charge in [-0.05, 0) is 97.8 Å². The molecule has 2 rings (SSSR count). The summed E-state index contributed by atoms with van der Waals surface area (Å²) in [5.41, 5.74) is 0.693. The van der Waals surface area contributed by atoms with Crippen molar-refractivity contribution < 1.29 is 51.7 Å². The quantitative estimate of drug-likeness (QED) is 0.110. The molecule has 2 N–H and O–H groups in total. The fraction of sp³-hybridized carbons (Fsp3) is 0.603. The lowest BCUT2D eigenvalue weighted by Gasteiger charge is -2.24. The van der Waals surface area contributed by atoms with Crippen molar-refractivity contribution in [1.82, 2.24) is 20.3 Å². The zero-order valence-corrected chi connectivity index (χ0v) is 51.1.